The quantitative estimate of drug-likeness (QED) is 0.765. The van der Waals surface area contributed by atoms with Gasteiger partial charge >= 0.3 is 6.09 Å². The highest BCUT2D eigenvalue weighted by Crippen LogP contribution is 2.39. The Morgan fingerprint density at radius 3 is 2.84 bits per heavy atom. The number of anilines is 1. The van der Waals surface area contributed by atoms with Crippen LogP contribution < -0.4 is 5.73 Å². The highest BCUT2D eigenvalue weighted by atomic mass is 19.1. The van der Waals surface area contributed by atoms with Crippen LogP contribution >= 0.6 is 0 Å². The molecule has 1 amide bonds. The highest BCUT2D eigenvalue weighted by Gasteiger charge is 2.40. The molecular weight excluding hydrogens is 247 g/mol. The van der Waals surface area contributed by atoms with Gasteiger partial charge in [0.1, 0.15) is 5.82 Å². The van der Waals surface area contributed by atoms with Crippen LogP contribution in [0.25, 0.3) is 5.57 Å². The van der Waals surface area contributed by atoms with Gasteiger partial charge in [-0.15, -0.1) is 0 Å². The van der Waals surface area contributed by atoms with Crippen LogP contribution in [0.3, 0.4) is 0 Å². The second-order valence-electron chi connectivity index (χ2n) is 5.12. The molecule has 3 rings (SSSR count). The minimum absolute atomic E-state index is 0.0283. The van der Waals surface area contributed by atoms with Gasteiger partial charge in [0, 0.05) is 17.3 Å². The van der Waals surface area contributed by atoms with Crippen molar-refractivity contribution in [2.24, 2.45) is 0 Å². The molecule has 3 N–H and O–H groups in total. The number of fused-ring (bicyclic) bond motifs is 2. The SMILES string of the molecule is Nc1ccc(C2=CC3CCC(C2)N3C(=O)O)c(F)c1. The number of carboxylic acid groups (broad SMARTS) is 1. The Kier molecular flexibility index (Phi) is 2.69. The maximum absolute atomic E-state index is 13.9. The average molecular weight is 262 g/mol. The molecule has 0 saturated carbocycles. The van der Waals surface area contributed by atoms with Gasteiger partial charge in [-0.1, -0.05) is 6.08 Å². The Bertz CT molecular complexity index is 571. The van der Waals surface area contributed by atoms with Gasteiger partial charge < -0.3 is 10.8 Å². The molecule has 100 valence electrons. The van der Waals surface area contributed by atoms with E-state index in [0.29, 0.717) is 17.7 Å². The molecule has 2 heterocycles. The summed E-state index contributed by atoms with van der Waals surface area (Å²) in [6.45, 7) is 0. The first-order valence-corrected chi connectivity index (χ1v) is 6.33. The third kappa shape index (κ3) is 1.95. The molecule has 1 saturated heterocycles. The molecule has 1 aromatic rings. The van der Waals surface area contributed by atoms with E-state index in [1.807, 2.05) is 6.08 Å². The van der Waals surface area contributed by atoms with Crippen LogP contribution in [0.15, 0.2) is 24.3 Å². The number of amides is 1. The molecule has 1 aromatic carbocycles. The van der Waals surface area contributed by atoms with Gasteiger partial charge in [0.05, 0.1) is 6.04 Å². The number of hydrogen-bond donors (Lipinski definition) is 2. The largest absolute Gasteiger partial charge is 0.465 e. The molecule has 2 unspecified atom stereocenters. The fourth-order valence-corrected chi connectivity index (χ4v) is 3.12. The number of hydrogen-bond acceptors (Lipinski definition) is 2. The molecule has 2 bridgehead atoms. The van der Waals surface area contributed by atoms with Gasteiger partial charge in [0.2, 0.25) is 0 Å². The van der Waals surface area contributed by atoms with E-state index in [1.165, 1.54) is 11.0 Å². The van der Waals surface area contributed by atoms with Gasteiger partial charge in [-0.3, -0.25) is 4.90 Å². The van der Waals surface area contributed by atoms with E-state index >= 15 is 0 Å². The van der Waals surface area contributed by atoms with E-state index in [0.717, 1.165) is 18.4 Å². The van der Waals surface area contributed by atoms with E-state index in [4.69, 9.17) is 5.73 Å². The van der Waals surface area contributed by atoms with Crippen LogP contribution in [0.4, 0.5) is 14.9 Å². The van der Waals surface area contributed by atoms with Gasteiger partial charge in [-0.05, 0) is 43.0 Å². The number of halogens is 1. The Morgan fingerprint density at radius 2 is 2.21 bits per heavy atom. The molecule has 5 heteroatoms. The van der Waals surface area contributed by atoms with Crippen LogP contribution in [-0.2, 0) is 0 Å². The fourth-order valence-electron chi connectivity index (χ4n) is 3.12. The van der Waals surface area contributed by atoms with Gasteiger partial charge in [-0.25, -0.2) is 9.18 Å². The third-order valence-electron chi connectivity index (χ3n) is 3.96. The lowest BCUT2D eigenvalue weighted by atomic mass is 9.94. The van der Waals surface area contributed by atoms with Crippen molar-refractivity contribution in [2.75, 3.05) is 5.73 Å². The standard InChI is InChI=1S/C14H15FN2O2/c15-13-7-9(16)1-4-12(13)8-5-10-2-3-11(6-8)17(10)14(18)19/h1,4-5,7,10-11H,2-3,6,16H2,(H,18,19). The zero-order valence-electron chi connectivity index (χ0n) is 10.3. The van der Waals surface area contributed by atoms with Gasteiger partial charge in [-0.2, -0.15) is 0 Å². The summed E-state index contributed by atoms with van der Waals surface area (Å²) in [7, 11) is 0. The second-order valence-corrected chi connectivity index (χ2v) is 5.12. The van der Waals surface area contributed by atoms with E-state index < -0.39 is 6.09 Å². The van der Waals surface area contributed by atoms with Crippen molar-refractivity contribution in [3.05, 3.63) is 35.7 Å². The maximum Gasteiger partial charge on any atom is 0.408 e. The smallest absolute Gasteiger partial charge is 0.408 e. The summed E-state index contributed by atoms with van der Waals surface area (Å²) >= 11 is 0. The molecule has 0 aromatic heterocycles. The molecule has 19 heavy (non-hydrogen) atoms. The number of rotatable bonds is 1. The predicted octanol–water partition coefficient (Wildman–Crippen LogP) is 2.71. The molecule has 4 nitrogen and oxygen atoms in total. The Hall–Kier alpha value is -2.04. The van der Waals surface area contributed by atoms with Crippen molar-refractivity contribution < 1.29 is 14.3 Å². The Morgan fingerprint density at radius 1 is 1.42 bits per heavy atom. The molecule has 0 aliphatic carbocycles. The van der Waals surface area contributed by atoms with Crippen LogP contribution in [-0.4, -0.2) is 28.2 Å². The predicted molar refractivity (Wildman–Crippen MR) is 70.1 cm³/mol. The van der Waals surface area contributed by atoms with Crippen molar-refractivity contribution in [1.82, 2.24) is 4.90 Å². The normalized spacial score (nSPS) is 25.3. The van der Waals surface area contributed by atoms with Crippen LogP contribution in [0, 0.1) is 5.82 Å². The van der Waals surface area contributed by atoms with Gasteiger partial charge in [0.15, 0.2) is 0 Å². The summed E-state index contributed by atoms with van der Waals surface area (Å²) in [6, 6.07) is 4.50. The Balaban J connectivity index is 1.96. The van der Waals surface area contributed by atoms with Crippen molar-refractivity contribution >= 4 is 17.4 Å². The van der Waals surface area contributed by atoms with Crippen molar-refractivity contribution in [1.29, 1.82) is 0 Å². The monoisotopic (exact) mass is 262 g/mol. The second kappa shape index (κ2) is 4.26. The minimum atomic E-state index is -0.888. The number of nitrogen functional groups attached to an aromatic ring is 1. The van der Waals surface area contributed by atoms with Crippen molar-refractivity contribution in [3.8, 4) is 0 Å². The summed E-state index contributed by atoms with van der Waals surface area (Å²) < 4.78 is 13.9. The summed E-state index contributed by atoms with van der Waals surface area (Å²) in [4.78, 5) is 12.7. The summed E-state index contributed by atoms with van der Waals surface area (Å²) in [5.41, 5.74) is 7.37. The zero-order valence-corrected chi connectivity index (χ0v) is 10.3. The number of carbonyl (C=O) groups is 1. The van der Waals surface area contributed by atoms with Crippen LogP contribution in [0.2, 0.25) is 0 Å². The lowest BCUT2D eigenvalue weighted by Crippen LogP contribution is -2.42. The topological polar surface area (TPSA) is 66.6 Å². The molecule has 2 aliphatic heterocycles. The zero-order chi connectivity index (χ0) is 13.6. The maximum atomic E-state index is 13.9. The summed E-state index contributed by atoms with van der Waals surface area (Å²) in [5.74, 6) is -0.338. The lowest BCUT2D eigenvalue weighted by Gasteiger charge is -2.31. The first-order valence-electron chi connectivity index (χ1n) is 6.33. The number of nitrogens with two attached hydrogens (primary N) is 1. The molecule has 0 radical (unpaired) electrons. The minimum Gasteiger partial charge on any atom is -0.465 e. The molecular formula is C14H15FN2O2. The average Bonchev–Trinajstić information content (AvgIpc) is 2.61. The van der Waals surface area contributed by atoms with E-state index in [2.05, 4.69) is 0 Å². The van der Waals surface area contributed by atoms with E-state index in [9.17, 15) is 14.3 Å². The van der Waals surface area contributed by atoms with Gasteiger partial charge in [0.25, 0.3) is 0 Å². The molecule has 0 spiro atoms. The van der Waals surface area contributed by atoms with Crippen LogP contribution in [0.5, 0.6) is 0 Å². The first-order chi connectivity index (χ1) is 9.06. The summed E-state index contributed by atoms with van der Waals surface area (Å²) in [5, 5.41) is 9.17. The van der Waals surface area contributed by atoms with Crippen LogP contribution in [0.1, 0.15) is 24.8 Å². The third-order valence-corrected chi connectivity index (χ3v) is 3.96. The Labute approximate surface area is 110 Å². The highest BCUT2D eigenvalue weighted by molar-refractivity contribution is 5.74. The van der Waals surface area contributed by atoms with E-state index in [-0.39, 0.29) is 17.9 Å². The number of nitrogens with zero attached hydrogens (tertiary/aromatic N) is 1. The molecule has 2 atom stereocenters. The lowest BCUT2D eigenvalue weighted by molar-refractivity contribution is 0.128. The molecule has 1 fully saturated rings. The fraction of sp³-hybridized carbons (Fsp3) is 0.357. The number of benzene rings is 1. The first kappa shape index (κ1) is 12.0. The van der Waals surface area contributed by atoms with Crippen molar-refractivity contribution in [3.63, 3.8) is 0 Å². The van der Waals surface area contributed by atoms with E-state index in [1.54, 1.807) is 12.1 Å². The molecule has 2 aliphatic rings. The summed E-state index contributed by atoms with van der Waals surface area (Å²) in [6.07, 6.45) is 3.22. The van der Waals surface area contributed by atoms with Crippen molar-refractivity contribution in [2.45, 2.75) is 31.3 Å².